The lowest BCUT2D eigenvalue weighted by Gasteiger charge is -1.88. The van der Waals surface area contributed by atoms with Crippen LogP contribution in [0.25, 0.3) is 0 Å². The van der Waals surface area contributed by atoms with Crippen molar-refractivity contribution in [3.05, 3.63) is 12.7 Å². The van der Waals surface area contributed by atoms with Crippen molar-refractivity contribution in [2.24, 2.45) is 9.98 Å². The van der Waals surface area contributed by atoms with Crippen molar-refractivity contribution in [2.45, 2.75) is 27.2 Å². The Morgan fingerprint density at radius 2 is 2.00 bits per heavy atom. The van der Waals surface area contributed by atoms with Crippen molar-refractivity contribution < 1.29 is 0 Å². The lowest BCUT2D eigenvalue weighted by Crippen LogP contribution is -1.89. The zero-order chi connectivity index (χ0) is 9.11. The van der Waals surface area contributed by atoms with Gasteiger partial charge in [-0.3, -0.25) is 4.99 Å². The molecule has 2 nitrogen and oxygen atoms in total. The number of allylic oxidation sites excluding steroid dienone is 1. The first-order valence-electron chi connectivity index (χ1n) is 3.95. The van der Waals surface area contributed by atoms with Gasteiger partial charge in [0.15, 0.2) is 0 Å². The number of rotatable bonds is 2. The largest absolute Gasteiger partial charge is 0.274 e. The Hall–Kier alpha value is -0.920. The van der Waals surface area contributed by atoms with Crippen LogP contribution in [0.1, 0.15) is 27.2 Å². The van der Waals surface area contributed by atoms with Crippen molar-refractivity contribution in [2.75, 3.05) is 7.05 Å². The third-order valence-corrected chi connectivity index (χ3v) is 0.903. The molecule has 0 saturated carbocycles. The molecule has 0 spiro atoms. The third kappa shape index (κ3) is 9.08. The van der Waals surface area contributed by atoms with Crippen molar-refractivity contribution >= 4 is 12.1 Å². The van der Waals surface area contributed by atoms with E-state index in [0.29, 0.717) is 0 Å². The highest BCUT2D eigenvalue weighted by Gasteiger charge is 1.83. The predicted octanol–water partition coefficient (Wildman–Crippen LogP) is 2.71. The van der Waals surface area contributed by atoms with Crippen LogP contribution in [0.5, 0.6) is 0 Å². The molecule has 0 bridgehead atoms. The van der Waals surface area contributed by atoms with E-state index >= 15 is 0 Å². The van der Waals surface area contributed by atoms with Crippen molar-refractivity contribution in [3.63, 3.8) is 0 Å². The van der Waals surface area contributed by atoms with Crippen LogP contribution in [-0.4, -0.2) is 19.1 Å². The molecule has 0 aliphatic carbocycles. The van der Waals surface area contributed by atoms with E-state index in [2.05, 4.69) is 16.6 Å². The molecular formula is C9H18N2. The van der Waals surface area contributed by atoms with Crippen LogP contribution in [0, 0.1) is 0 Å². The van der Waals surface area contributed by atoms with Crippen LogP contribution >= 0.6 is 0 Å². The van der Waals surface area contributed by atoms with Crippen LogP contribution in [0.3, 0.4) is 0 Å². The minimum absolute atomic E-state index is 0.856. The van der Waals surface area contributed by atoms with Gasteiger partial charge in [0.05, 0.1) is 0 Å². The summed E-state index contributed by atoms with van der Waals surface area (Å²) in [5.74, 6) is 0.856. The van der Waals surface area contributed by atoms with Crippen LogP contribution in [0.4, 0.5) is 0 Å². The first kappa shape index (κ1) is 12.7. The summed E-state index contributed by atoms with van der Waals surface area (Å²) < 4.78 is 0. The minimum atomic E-state index is 0.856. The number of nitrogens with zero attached hydrogens (tertiary/aromatic N) is 2. The van der Waals surface area contributed by atoms with E-state index in [1.54, 1.807) is 19.3 Å². The van der Waals surface area contributed by atoms with E-state index in [9.17, 15) is 0 Å². The van der Waals surface area contributed by atoms with Crippen LogP contribution in [0.15, 0.2) is 22.6 Å². The van der Waals surface area contributed by atoms with Gasteiger partial charge in [0.25, 0.3) is 0 Å². The zero-order valence-corrected chi connectivity index (χ0v) is 7.96. The van der Waals surface area contributed by atoms with Gasteiger partial charge in [0, 0.05) is 19.7 Å². The fourth-order valence-electron chi connectivity index (χ4n) is 0.446. The van der Waals surface area contributed by atoms with E-state index in [-0.39, 0.29) is 0 Å². The molecule has 0 aromatic rings. The van der Waals surface area contributed by atoms with Gasteiger partial charge in [0.2, 0.25) is 0 Å². The minimum Gasteiger partial charge on any atom is -0.274 e. The van der Waals surface area contributed by atoms with E-state index < -0.39 is 0 Å². The van der Waals surface area contributed by atoms with Crippen molar-refractivity contribution in [1.29, 1.82) is 0 Å². The SMILES string of the molecule is C=CC=NC(CC)=NC.CC. The van der Waals surface area contributed by atoms with Crippen LogP contribution < -0.4 is 0 Å². The summed E-state index contributed by atoms with van der Waals surface area (Å²) in [4.78, 5) is 7.90. The van der Waals surface area contributed by atoms with Gasteiger partial charge in [-0.25, -0.2) is 4.99 Å². The molecule has 64 valence electrons. The van der Waals surface area contributed by atoms with Gasteiger partial charge in [-0.2, -0.15) is 0 Å². The maximum absolute atomic E-state index is 3.99. The summed E-state index contributed by atoms with van der Waals surface area (Å²) in [5, 5.41) is 0. The molecule has 0 N–H and O–H groups in total. The highest BCUT2D eigenvalue weighted by atomic mass is 14.9. The second-order valence-electron chi connectivity index (χ2n) is 1.51. The molecular weight excluding hydrogens is 136 g/mol. The molecule has 0 heterocycles. The Morgan fingerprint density at radius 1 is 1.45 bits per heavy atom. The molecule has 0 aromatic heterocycles. The third-order valence-electron chi connectivity index (χ3n) is 0.903. The molecule has 0 aromatic carbocycles. The Bertz CT molecular complexity index is 134. The first-order valence-corrected chi connectivity index (χ1v) is 3.95. The second kappa shape index (κ2) is 11.8. The van der Waals surface area contributed by atoms with Gasteiger partial charge in [-0.1, -0.05) is 33.4 Å². The first-order chi connectivity index (χ1) is 5.35. The van der Waals surface area contributed by atoms with Gasteiger partial charge >= 0.3 is 0 Å². The van der Waals surface area contributed by atoms with Crippen molar-refractivity contribution in [1.82, 2.24) is 0 Å². The molecule has 11 heavy (non-hydrogen) atoms. The average molecular weight is 154 g/mol. The number of aliphatic imine (C=N–C) groups is 2. The zero-order valence-electron chi connectivity index (χ0n) is 7.96. The lowest BCUT2D eigenvalue weighted by molar-refractivity contribution is 1.22. The molecule has 0 fully saturated rings. The maximum Gasteiger partial charge on any atom is 0.122 e. The Labute approximate surface area is 69.8 Å². The van der Waals surface area contributed by atoms with Crippen LogP contribution in [0.2, 0.25) is 0 Å². The van der Waals surface area contributed by atoms with E-state index in [4.69, 9.17) is 0 Å². The topological polar surface area (TPSA) is 24.7 Å². The molecule has 0 atom stereocenters. The summed E-state index contributed by atoms with van der Waals surface area (Å²) in [6.07, 6.45) is 4.16. The highest BCUT2D eigenvalue weighted by molar-refractivity contribution is 5.91. The number of amidine groups is 1. The Kier molecular flexibility index (Phi) is 13.7. The number of hydrogen-bond acceptors (Lipinski definition) is 1. The summed E-state index contributed by atoms with van der Waals surface area (Å²) in [5.41, 5.74) is 0. The van der Waals surface area contributed by atoms with Gasteiger partial charge in [0.1, 0.15) is 5.84 Å². The van der Waals surface area contributed by atoms with Crippen molar-refractivity contribution in [3.8, 4) is 0 Å². The predicted molar refractivity (Wildman–Crippen MR) is 53.7 cm³/mol. The Balaban J connectivity index is 0. The monoisotopic (exact) mass is 154 g/mol. The molecule has 0 aliphatic heterocycles. The maximum atomic E-state index is 3.99. The summed E-state index contributed by atoms with van der Waals surface area (Å²) in [6.45, 7) is 9.51. The van der Waals surface area contributed by atoms with Gasteiger partial charge in [-0.15, -0.1) is 0 Å². The molecule has 0 rings (SSSR count). The number of hydrogen-bond donors (Lipinski definition) is 0. The van der Waals surface area contributed by atoms with E-state index in [1.807, 2.05) is 20.8 Å². The van der Waals surface area contributed by atoms with Gasteiger partial charge < -0.3 is 0 Å². The van der Waals surface area contributed by atoms with E-state index in [0.717, 1.165) is 12.3 Å². The quantitative estimate of drug-likeness (QED) is 0.431. The highest BCUT2D eigenvalue weighted by Crippen LogP contribution is 1.84. The Morgan fingerprint density at radius 3 is 2.27 bits per heavy atom. The molecule has 0 amide bonds. The normalized spacial score (nSPS) is 10.7. The molecule has 0 unspecified atom stereocenters. The van der Waals surface area contributed by atoms with Crippen LogP contribution in [-0.2, 0) is 0 Å². The molecule has 2 heteroatoms. The molecule has 0 radical (unpaired) electrons. The fourth-order valence-corrected chi connectivity index (χ4v) is 0.446. The van der Waals surface area contributed by atoms with E-state index in [1.165, 1.54) is 0 Å². The molecule has 0 saturated heterocycles. The van der Waals surface area contributed by atoms with Gasteiger partial charge in [-0.05, 0) is 0 Å². The fraction of sp³-hybridized carbons (Fsp3) is 0.556. The average Bonchev–Trinajstić information content (AvgIpc) is 2.10. The summed E-state index contributed by atoms with van der Waals surface area (Å²) in [6, 6.07) is 0. The second-order valence-corrected chi connectivity index (χ2v) is 1.51. The molecule has 0 aliphatic rings. The lowest BCUT2D eigenvalue weighted by atomic mass is 10.4. The summed E-state index contributed by atoms with van der Waals surface area (Å²) in [7, 11) is 1.74. The standard InChI is InChI=1S/C7H12N2.C2H6/c1-4-6-9-7(5-2)8-3;1-2/h4,6H,1,5H2,2-3H3;1-2H3. The smallest absolute Gasteiger partial charge is 0.122 e. The summed E-state index contributed by atoms with van der Waals surface area (Å²) >= 11 is 0.